The normalized spacial score (nSPS) is 12.3. The van der Waals surface area contributed by atoms with Crippen LogP contribution in [0.25, 0.3) is 10.2 Å². The van der Waals surface area contributed by atoms with Crippen molar-refractivity contribution in [3.8, 4) is 0 Å². The van der Waals surface area contributed by atoms with Gasteiger partial charge in [0.2, 0.25) is 0 Å². The average molecular weight is 385 g/mol. The van der Waals surface area contributed by atoms with E-state index in [0.717, 1.165) is 23.2 Å². The summed E-state index contributed by atoms with van der Waals surface area (Å²) in [5, 5.41) is 0. The van der Waals surface area contributed by atoms with Gasteiger partial charge in [0.25, 0.3) is 5.91 Å². The van der Waals surface area contributed by atoms with Gasteiger partial charge in [0.15, 0.2) is 4.80 Å². The lowest BCUT2D eigenvalue weighted by molar-refractivity contribution is 0.0998. The Morgan fingerprint density at radius 1 is 1.26 bits per heavy atom. The molecule has 0 radical (unpaired) electrons. The molecule has 0 unspecified atom stereocenters. The highest BCUT2D eigenvalue weighted by atomic mass is 35.5. The lowest BCUT2D eigenvalue weighted by atomic mass is 10.2. The van der Waals surface area contributed by atoms with Crippen LogP contribution in [0.2, 0.25) is 8.67 Å². The highest BCUT2D eigenvalue weighted by Crippen LogP contribution is 2.31. The van der Waals surface area contributed by atoms with Crippen LogP contribution in [0.4, 0.5) is 0 Å². The van der Waals surface area contributed by atoms with Crippen LogP contribution in [0.3, 0.4) is 0 Å². The third-order valence-electron chi connectivity index (χ3n) is 3.37. The van der Waals surface area contributed by atoms with Crippen LogP contribution in [0.5, 0.6) is 0 Å². The smallest absolute Gasteiger partial charge is 0.282 e. The summed E-state index contributed by atoms with van der Waals surface area (Å²) in [5.41, 5.74) is 2.65. The average Bonchev–Trinajstić information content (AvgIpc) is 2.99. The number of carbonyl (C=O) groups is 1. The Labute approximate surface area is 151 Å². The van der Waals surface area contributed by atoms with Crippen molar-refractivity contribution >= 4 is 62.0 Å². The van der Waals surface area contributed by atoms with E-state index in [1.165, 1.54) is 28.2 Å². The second-order valence-electron chi connectivity index (χ2n) is 5.16. The fourth-order valence-corrected chi connectivity index (χ4v) is 4.94. The fraction of sp³-hybridized carbons (Fsp3) is 0.250. The minimum atomic E-state index is -0.355. The zero-order valence-corrected chi connectivity index (χ0v) is 15.7. The molecular weight excluding hydrogens is 371 g/mol. The van der Waals surface area contributed by atoms with Crippen molar-refractivity contribution in [2.45, 2.75) is 26.8 Å². The first kappa shape index (κ1) is 16.7. The molecule has 0 atom stereocenters. The molecule has 1 aromatic carbocycles. The molecule has 23 heavy (non-hydrogen) atoms. The van der Waals surface area contributed by atoms with Gasteiger partial charge in [-0.1, -0.05) is 47.5 Å². The van der Waals surface area contributed by atoms with Crippen LogP contribution in [0.1, 0.15) is 29.3 Å². The second kappa shape index (κ2) is 6.77. The topological polar surface area (TPSA) is 34.4 Å². The minimum absolute atomic E-state index is 0.355. The van der Waals surface area contributed by atoms with Crippen molar-refractivity contribution in [3.63, 3.8) is 0 Å². The summed E-state index contributed by atoms with van der Waals surface area (Å²) in [5.74, 6) is -0.355. The van der Waals surface area contributed by atoms with Gasteiger partial charge in [-0.2, -0.15) is 4.99 Å². The molecule has 3 nitrogen and oxygen atoms in total. The van der Waals surface area contributed by atoms with E-state index in [2.05, 4.69) is 41.6 Å². The van der Waals surface area contributed by atoms with Crippen molar-refractivity contribution < 1.29 is 4.79 Å². The summed E-state index contributed by atoms with van der Waals surface area (Å²) in [6, 6.07) is 7.84. The summed E-state index contributed by atoms with van der Waals surface area (Å²) in [6.45, 7) is 4.97. The molecule has 0 N–H and O–H groups in total. The number of nitrogens with zero attached hydrogens (tertiary/aromatic N) is 2. The molecule has 0 fully saturated rings. The van der Waals surface area contributed by atoms with Crippen LogP contribution in [-0.4, -0.2) is 10.5 Å². The minimum Gasteiger partial charge on any atom is -0.316 e. The molecule has 2 aromatic heterocycles. The number of rotatable bonds is 3. The quantitative estimate of drug-likeness (QED) is 0.584. The first-order valence-corrected chi connectivity index (χ1v) is 9.52. The number of benzene rings is 1. The number of carbonyl (C=O) groups excluding carboxylic acids is 1. The number of thiazole rings is 1. The number of amides is 1. The maximum Gasteiger partial charge on any atom is 0.282 e. The molecule has 120 valence electrons. The lowest BCUT2D eigenvalue weighted by Gasteiger charge is -2.02. The molecular formula is C16H14Cl2N2OS2. The maximum absolute atomic E-state index is 12.4. The molecule has 0 saturated heterocycles. The van der Waals surface area contributed by atoms with E-state index < -0.39 is 0 Å². The number of aromatic nitrogens is 1. The Hall–Kier alpha value is -1.14. The zero-order chi connectivity index (χ0) is 16.6. The monoisotopic (exact) mass is 384 g/mol. The summed E-state index contributed by atoms with van der Waals surface area (Å²) in [4.78, 5) is 17.4. The molecule has 0 saturated carbocycles. The van der Waals surface area contributed by atoms with Gasteiger partial charge in [-0.15, -0.1) is 11.3 Å². The van der Waals surface area contributed by atoms with Crippen LogP contribution in [-0.2, 0) is 6.54 Å². The fourth-order valence-electron chi connectivity index (χ4n) is 2.34. The summed E-state index contributed by atoms with van der Waals surface area (Å²) >= 11 is 14.7. The maximum atomic E-state index is 12.4. The highest BCUT2D eigenvalue weighted by molar-refractivity contribution is 7.20. The van der Waals surface area contributed by atoms with E-state index in [0.29, 0.717) is 19.0 Å². The van der Waals surface area contributed by atoms with Gasteiger partial charge in [0.05, 0.1) is 20.1 Å². The van der Waals surface area contributed by atoms with E-state index >= 15 is 0 Å². The molecule has 0 aliphatic heterocycles. The van der Waals surface area contributed by atoms with Crippen LogP contribution >= 0.6 is 45.9 Å². The number of aryl methyl sites for hydroxylation is 2. The number of hydrogen-bond acceptors (Lipinski definition) is 3. The number of fused-ring (bicyclic) bond motifs is 1. The Bertz CT molecular complexity index is 953. The van der Waals surface area contributed by atoms with Gasteiger partial charge < -0.3 is 4.57 Å². The molecule has 0 bridgehead atoms. The summed E-state index contributed by atoms with van der Waals surface area (Å²) in [6.07, 6.45) is 0.964. The molecule has 0 spiro atoms. The molecule has 0 aliphatic rings. The number of hydrogen-bond donors (Lipinski definition) is 0. The van der Waals surface area contributed by atoms with E-state index in [4.69, 9.17) is 23.2 Å². The van der Waals surface area contributed by atoms with E-state index in [1.807, 2.05) is 0 Å². The molecule has 7 heteroatoms. The molecule has 1 amide bonds. The standard InChI is InChI=1S/C16H14Cl2N2OS2/c1-3-6-20-11-5-4-9(2)7-12(11)22-16(20)19-15(21)10-8-13(17)23-14(10)18/h4-5,7-8H,3,6H2,1-2H3. The number of thiophene rings is 1. The van der Waals surface area contributed by atoms with E-state index in [9.17, 15) is 4.79 Å². The first-order chi connectivity index (χ1) is 11.0. The van der Waals surface area contributed by atoms with E-state index in [-0.39, 0.29) is 5.91 Å². The zero-order valence-electron chi connectivity index (χ0n) is 12.6. The Morgan fingerprint density at radius 3 is 2.70 bits per heavy atom. The Balaban J connectivity index is 2.16. The predicted molar refractivity (Wildman–Crippen MR) is 99.1 cm³/mol. The molecule has 3 rings (SSSR count). The van der Waals surface area contributed by atoms with Crippen molar-refractivity contribution in [2.75, 3.05) is 0 Å². The molecule has 2 heterocycles. The van der Waals surface area contributed by atoms with Crippen molar-refractivity contribution in [1.82, 2.24) is 4.57 Å². The molecule has 0 aliphatic carbocycles. The highest BCUT2D eigenvalue weighted by Gasteiger charge is 2.14. The van der Waals surface area contributed by atoms with Gasteiger partial charge in [-0.3, -0.25) is 4.79 Å². The largest absolute Gasteiger partial charge is 0.316 e. The third-order valence-corrected chi connectivity index (χ3v) is 5.90. The van der Waals surface area contributed by atoms with Gasteiger partial charge in [-0.25, -0.2) is 0 Å². The predicted octanol–water partition coefficient (Wildman–Crippen LogP) is 5.53. The van der Waals surface area contributed by atoms with E-state index in [1.54, 1.807) is 6.07 Å². The second-order valence-corrected chi connectivity index (χ2v) is 8.46. The van der Waals surface area contributed by atoms with Crippen LogP contribution in [0.15, 0.2) is 29.3 Å². The van der Waals surface area contributed by atoms with Crippen molar-refractivity contribution in [3.05, 3.63) is 48.9 Å². The van der Waals surface area contributed by atoms with Gasteiger partial charge in [0, 0.05) is 6.54 Å². The van der Waals surface area contributed by atoms with Crippen LogP contribution < -0.4 is 4.80 Å². The third kappa shape index (κ3) is 3.38. The van der Waals surface area contributed by atoms with Crippen LogP contribution in [0, 0.1) is 6.92 Å². The Morgan fingerprint density at radius 2 is 2.04 bits per heavy atom. The Kier molecular flexibility index (Phi) is 4.92. The van der Waals surface area contributed by atoms with Gasteiger partial charge in [-0.05, 0) is 37.1 Å². The van der Waals surface area contributed by atoms with Crippen molar-refractivity contribution in [2.24, 2.45) is 4.99 Å². The molecule has 3 aromatic rings. The van der Waals surface area contributed by atoms with Gasteiger partial charge >= 0.3 is 0 Å². The SMILES string of the molecule is CCCn1c(=NC(=O)c2cc(Cl)sc2Cl)sc2cc(C)ccc21. The van der Waals surface area contributed by atoms with Crippen molar-refractivity contribution in [1.29, 1.82) is 0 Å². The summed E-state index contributed by atoms with van der Waals surface area (Å²) in [7, 11) is 0. The number of halogens is 2. The van der Waals surface area contributed by atoms with Gasteiger partial charge in [0.1, 0.15) is 4.34 Å². The first-order valence-electron chi connectivity index (χ1n) is 7.13. The lowest BCUT2D eigenvalue weighted by Crippen LogP contribution is -2.16. The summed E-state index contributed by atoms with van der Waals surface area (Å²) < 4.78 is 4.07.